The van der Waals surface area contributed by atoms with E-state index in [4.69, 9.17) is 4.74 Å². The van der Waals surface area contributed by atoms with Crippen molar-refractivity contribution in [3.63, 3.8) is 0 Å². The van der Waals surface area contributed by atoms with Gasteiger partial charge in [-0.3, -0.25) is 4.79 Å². The maximum Gasteiger partial charge on any atom is 0.225 e. The molecule has 2 unspecified atom stereocenters. The number of aryl methyl sites for hydroxylation is 1. The number of piperazine rings is 1. The lowest BCUT2D eigenvalue weighted by atomic mass is 9.82. The van der Waals surface area contributed by atoms with E-state index in [2.05, 4.69) is 68.2 Å². The van der Waals surface area contributed by atoms with Crippen molar-refractivity contribution in [3.8, 4) is 16.9 Å². The number of H-pyrrole nitrogens is 1. The molecule has 2 aliphatic heterocycles. The Balaban J connectivity index is 1.11. The number of amides is 1. The summed E-state index contributed by atoms with van der Waals surface area (Å²) in [6, 6.07) is 14.7. The molecule has 1 N–H and O–H groups in total. The highest BCUT2D eigenvalue weighted by Gasteiger charge is 2.28. The molecule has 8 heteroatoms. The average Bonchev–Trinajstić information content (AvgIpc) is 3.32. The first-order valence-electron chi connectivity index (χ1n) is 13.6. The van der Waals surface area contributed by atoms with Gasteiger partial charge >= 0.3 is 0 Å². The second-order valence-corrected chi connectivity index (χ2v) is 10.6. The SMILES string of the molecule is Cc1nc2ccc(-c3ccc4c(c3)CC(C)C(CC(=O)N3CCN(c5ncccn5)CC3)CCO4)cc2[nH]1. The molecule has 1 saturated heterocycles. The van der Waals surface area contributed by atoms with E-state index < -0.39 is 0 Å². The monoisotopic (exact) mass is 510 g/mol. The Morgan fingerprint density at radius 3 is 2.63 bits per heavy atom. The first-order chi connectivity index (χ1) is 18.5. The Hall–Kier alpha value is -3.94. The first kappa shape index (κ1) is 24.4. The molecule has 2 atom stereocenters. The fourth-order valence-corrected chi connectivity index (χ4v) is 5.76. The molecule has 4 aromatic rings. The molecule has 2 aromatic heterocycles. The van der Waals surface area contributed by atoms with Gasteiger partial charge in [0.05, 0.1) is 17.6 Å². The summed E-state index contributed by atoms with van der Waals surface area (Å²) in [6.45, 7) is 7.84. The van der Waals surface area contributed by atoms with Crippen molar-refractivity contribution >= 4 is 22.9 Å². The van der Waals surface area contributed by atoms with Gasteiger partial charge < -0.3 is 19.5 Å². The van der Waals surface area contributed by atoms with Crippen LogP contribution >= 0.6 is 0 Å². The number of carbonyl (C=O) groups is 1. The van der Waals surface area contributed by atoms with E-state index in [1.165, 1.54) is 11.1 Å². The lowest BCUT2D eigenvalue weighted by molar-refractivity contribution is -0.133. The molecule has 4 heterocycles. The number of anilines is 1. The number of imidazole rings is 1. The highest BCUT2D eigenvalue weighted by Crippen LogP contribution is 2.35. The Labute approximate surface area is 223 Å². The third-order valence-electron chi connectivity index (χ3n) is 7.99. The Morgan fingerprint density at radius 2 is 1.82 bits per heavy atom. The Kier molecular flexibility index (Phi) is 6.70. The maximum atomic E-state index is 13.3. The van der Waals surface area contributed by atoms with Crippen LogP contribution in [0.2, 0.25) is 0 Å². The largest absolute Gasteiger partial charge is 0.493 e. The van der Waals surface area contributed by atoms with Crippen LogP contribution in [0.3, 0.4) is 0 Å². The second-order valence-electron chi connectivity index (χ2n) is 10.6. The lowest BCUT2D eigenvalue weighted by Crippen LogP contribution is -2.49. The number of nitrogens with one attached hydrogen (secondary N) is 1. The van der Waals surface area contributed by atoms with Gasteiger partial charge in [-0.1, -0.05) is 19.1 Å². The number of aromatic amines is 1. The topological polar surface area (TPSA) is 87.2 Å². The van der Waals surface area contributed by atoms with Gasteiger partial charge in [-0.25, -0.2) is 15.0 Å². The smallest absolute Gasteiger partial charge is 0.225 e. The number of rotatable bonds is 4. The third kappa shape index (κ3) is 5.08. The molecule has 0 radical (unpaired) electrons. The summed E-state index contributed by atoms with van der Waals surface area (Å²) in [6.07, 6.45) is 5.88. The van der Waals surface area contributed by atoms with Gasteiger partial charge in [-0.15, -0.1) is 0 Å². The zero-order chi connectivity index (χ0) is 26.1. The third-order valence-corrected chi connectivity index (χ3v) is 7.99. The quantitative estimate of drug-likeness (QED) is 0.430. The van der Waals surface area contributed by atoms with Crippen molar-refractivity contribution in [1.29, 1.82) is 0 Å². The number of nitrogens with zero attached hydrogens (tertiary/aromatic N) is 5. The summed E-state index contributed by atoms with van der Waals surface area (Å²) in [4.78, 5) is 34.0. The van der Waals surface area contributed by atoms with Crippen molar-refractivity contribution < 1.29 is 9.53 Å². The number of ether oxygens (including phenoxy) is 1. The summed E-state index contributed by atoms with van der Waals surface area (Å²) in [5.41, 5.74) is 5.57. The van der Waals surface area contributed by atoms with Gasteiger partial charge in [0.25, 0.3) is 0 Å². The predicted molar refractivity (Wildman–Crippen MR) is 148 cm³/mol. The van der Waals surface area contributed by atoms with E-state index in [1.54, 1.807) is 12.4 Å². The van der Waals surface area contributed by atoms with E-state index in [1.807, 2.05) is 17.9 Å². The van der Waals surface area contributed by atoms with Gasteiger partial charge in [-0.2, -0.15) is 0 Å². The zero-order valence-electron chi connectivity index (χ0n) is 22.1. The molecule has 0 saturated carbocycles. The summed E-state index contributed by atoms with van der Waals surface area (Å²) < 4.78 is 6.20. The van der Waals surface area contributed by atoms with Crippen molar-refractivity contribution in [2.75, 3.05) is 37.7 Å². The highest BCUT2D eigenvalue weighted by atomic mass is 16.5. The van der Waals surface area contributed by atoms with Crippen LogP contribution in [-0.2, 0) is 11.2 Å². The molecule has 6 rings (SSSR count). The fourth-order valence-electron chi connectivity index (χ4n) is 5.76. The Bertz CT molecular complexity index is 1430. The standard InChI is InChI=1S/C30H34N6O2/c1-20-16-25-17-23(24-4-6-26-27(18-24)34-21(2)33-26)5-7-28(25)38-15-8-22(20)19-29(37)35-11-13-36(14-12-35)30-31-9-3-10-32-30/h3-7,9-10,17-18,20,22H,8,11-16,19H2,1-2H3,(H,33,34). The number of benzene rings is 2. The van der Waals surface area contributed by atoms with Crippen LogP contribution in [0.1, 0.15) is 31.2 Å². The first-order valence-corrected chi connectivity index (χ1v) is 13.6. The fraction of sp³-hybridized carbons (Fsp3) is 0.400. The minimum absolute atomic E-state index is 0.244. The molecule has 38 heavy (non-hydrogen) atoms. The van der Waals surface area contributed by atoms with Crippen LogP contribution in [0.15, 0.2) is 54.9 Å². The molecule has 0 bridgehead atoms. The number of aromatic nitrogens is 4. The predicted octanol–water partition coefficient (Wildman–Crippen LogP) is 4.64. The van der Waals surface area contributed by atoms with E-state index in [0.717, 1.165) is 60.1 Å². The summed E-state index contributed by atoms with van der Waals surface area (Å²) in [7, 11) is 0. The summed E-state index contributed by atoms with van der Waals surface area (Å²) in [5, 5.41) is 0. The second kappa shape index (κ2) is 10.4. The van der Waals surface area contributed by atoms with Gasteiger partial charge in [0, 0.05) is 45.0 Å². The number of hydrogen-bond donors (Lipinski definition) is 1. The summed E-state index contributed by atoms with van der Waals surface area (Å²) >= 11 is 0. The maximum absolute atomic E-state index is 13.3. The van der Waals surface area contributed by atoms with Crippen molar-refractivity contribution in [2.45, 2.75) is 33.1 Å². The van der Waals surface area contributed by atoms with Crippen molar-refractivity contribution in [3.05, 3.63) is 66.2 Å². The molecule has 0 aliphatic carbocycles. The van der Waals surface area contributed by atoms with Crippen molar-refractivity contribution in [1.82, 2.24) is 24.8 Å². The van der Waals surface area contributed by atoms with Crippen LogP contribution < -0.4 is 9.64 Å². The number of carbonyl (C=O) groups excluding carboxylic acids is 1. The average molecular weight is 511 g/mol. The molecule has 1 amide bonds. The van der Waals surface area contributed by atoms with Gasteiger partial charge in [0.15, 0.2) is 0 Å². The minimum atomic E-state index is 0.244. The molecule has 0 spiro atoms. The molecular weight excluding hydrogens is 476 g/mol. The van der Waals surface area contributed by atoms with E-state index in [9.17, 15) is 4.79 Å². The van der Waals surface area contributed by atoms with Crippen LogP contribution in [-0.4, -0.2) is 63.5 Å². The van der Waals surface area contributed by atoms with E-state index in [-0.39, 0.29) is 5.91 Å². The molecule has 2 aromatic carbocycles. The van der Waals surface area contributed by atoms with Crippen LogP contribution in [0, 0.1) is 18.8 Å². The zero-order valence-corrected chi connectivity index (χ0v) is 22.1. The van der Waals surface area contributed by atoms with Crippen LogP contribution in [0.4, 0.5) is 5.95 Å². The van der Waals surface area contributed by atoms with Crippen LogP contribution in [0.25, 0.3) is 22.2 Å². The normalized spacial score (nSPS) is 19.9. The van der Waals surface area contributed by atoms with Gasteiger partial charge in [0.1, 0.15) is 11.6 Å². The van der Waals surface area contributed by atoms with Crippen LogP contribution in [0.5, 0.6) is 5.75 Å². The van der Waals surface area contributed by atoms with Gasteiger partial charge in [0.2, 0.25) is 11.9 Å². The molecule has 2 aliphatic rings. The number of fused-ring (bicyclic) bond motifs is 2. The molecule has 8 nitrogen and oxygen atoms in total. The van der Waals surface area contributed by atoms with Gasteiger partial charge in [-0.05, 0) is 78.6 Å². The molecular formula is C30H34N6O2. The lowest BCUT2D eigenvalue weighted by Gasteiger charge is -2.36. The number of hydrogen-bond acceptors (Lipinski definition) is 6. The van der Waals surface area contributed by atoms with E-state index in [0.29, 0.717) is 38.0 Å². The Morgan fingerprint density at radius 1 is 1.05 bits per heavy atom. The highest BCUT2D eigenvalue weighted by molar-refractivity contribution is 5.82. The molecule has 1 fully saturated rings. The van der Waals surface area contributed by atoms with E-state index >= 15 is 0 Å². The molecule has 196 valence electrons. The summed E-state index contributed by atoms with van der Waals surface area (Å²) in [5.74, 6) is 3.54. The minimum Gasteiger partial charge on any atom is -0.493 e. The van der Waals surface area contributed by atoms with Crippen molar-refractivity contribution in [2.24, 2.45) is 11.8 Å².